The van der Waals surface area contributed by atoms with Crippen molar-refractivity contribution in [2.24, 2.45) is 0 Å². The second-order valence-corrected chi connectivity index (χ2v) is 9.27. The Morgan fingerprint density at radius 1 is 1.41 bits per heavy atom. The van der Waals surface area contributed by atoms with Crippen LogP contribution < -0.4 is 5.32 Å². The molecule has 0 atom stereocenters. The minimum absolute atomic E-state index is 0.374. The van der Waals surface area contributed by atoms with Gasteiger partial charge in [0, 0.05) is 12.7 Å². The predicted molar refractivity (Wildman–Crippen MR) is 86.3 cm³/mol. The predicted octanol–water partition coefficient (Wildman–Crippen LogP) is 1.44. The molecule has 0 spiro atoms. The molecule has 1 aliphatic carbocycles. The van der Waals surface area contributed by atoms with E-state index in [0.717, 1.165) is 12.1 Å². The van der Waals surface area contributed by atoms with Crippen LogP contribution in [0.5, 0.6) is 0 Å². The van der Waals surface area contributed by atoms with Gasteiger partial charge in [-0.1, -0.05) is 0 Å². The van der Waals surface area contributed by atoms with Crippen LogP contribution in [-0.2, 0) is 21.2 Å². The smallest absolute Gasteiger partial charge is 0.246 e. The lowest BCUT2D eigenvalue weighted by Gasteiger charge is -2.23. The van der Waals surface area contributed by atoms with Gasteiger partial charge in [-0.3, -0.25) is 4.79 Å². The van der Waals surface area contributed by atoms with Gasteiger partial charge in [0.25, 0.3) is 0 Å². The zero-order valence-corrected chi connectivity index (χ0v) is 14.3. The molecule has 7 heteroatoms. The Hall–Kier alpha value is -1.47. The first-order valence-corrected chi connectivity index (χ1v) is 8.84. The maximum absolute atomic E-state index is 12.4. The SMILES string of the molecule is CN(C)Cc1ccnc(NC(=O)C(C)(C)S(=O)(=O)C2CC2)c1. The van der Waals surface area contributed by atoms with Crippen LogP contribution in [0.4, 0.5) is 5.82 Å². The fourth-order valence-corrected chi connectivity index (χ4v) is 4.10. The summed E-state index contributed by atoms with van der Waals surface area (Å²) in [7, 11) is 0.435. The Bertz CT molecular complexity index is 664. The molecular formula is C15H23N3O3S. The normalized spacial score (nSPS) is 15.9. The Labute approximate surface area is 131 Å². The summed E-state index contributed by atoms with van der Waals surface area (Å²) in [5, 5.41) is 2.26. The van der Waals surface area contributed by atoms with E-state index in [0.29, 0.717) is 18.7 Å². The van der Waals surface area contributed by atoms with E-state index in [-0.39, 0.29) is 5.25 Å². The number of carbonyl (C=O) groups is 1. The first-order chi connectivity index (χ1) is 10.1. The Morgan fingerprint density at radius 2 is 2.05 bits per heavy atom. The van der Waals surface area contributed by atoms with E-state index in [4.69, 9.17) is 0 Å². The van der Waals surface area contributed by atoms with Crippen LogP contribution in [0, 0.1) is 0 Å². The quantitative estimate of drug-likeness (QED) is 0.856. The molecule has 22 heavy (non-hydrogen) atoms. The van der Waals surface area contributed by atoms with E-state index in [9.17, 15) is 13.2 Å². The zero-order valence-electron chi connectivity index (χ0n) is 13.5. The molecule has 0 bridgehead atoms. The lowest BCUT2D eigenvalue weighted by Crippen LogP contribution is -2.46. The van der Waals surface area contributed by atoms with Gasteiger partial charge in [-0.25, -0.2) is 13.4 Å². The Kier molecular flexibility index (Phi) is 4.58. The van der Waals surface area contributed by atoms with Crippen LogP contribution in [0.15, 0.2) is 18.3 Å². The van der Waals surface area contributed by atoms with Crippen LogP contribution in [-0.4, -0.2) is 48.3 Å². The van der Waals surface area contributed by atoms with Gasteiger partial charge in [0.05, 0.1) is 5.25 Å². The number of anilines is 1. The minimum atomic E-state index is -3.46. The highest BCUT2D eigenvalue weighted by molar-refractivity contribution is 7.94. The van der Waals surface area contributed by atoms with Gasteiger partial charge >= 0.3 is 0 Å². The molecule has 2 rings (SSSR count). The largest absolute Gasteiger partial charge is 0.309 e. The van der Waals surface area contributed by atoms with Crippen LogP contribution >= 0.6 is 0 Å². The molecule has 1 aromatic rings. The van der Waals surface area contributed by atoms with Gasteiger partial charge in [-0.15, -0.1) is 0 Å². The van der Waals surface area contributed by atoms with Crippen molar-refractivity contribution in [3.05, 3.63) is 23.9 Å². The summed E-state index contributed by atoms with van der Waals surface area (Å²) in [6.07, 6.45) is 2.90. The van der Waals surface area contributed by atoms with Gasteiger partial charge < -0.3 is 10.2 Å². The van der Waals surface area contributed by atoms with E-state index in [1.54, 1.807) is 12.3 Å². The van der Waals surface area contributed by atoms with E-state index in [1.807, 2.05) is 25.1 Å². The van der Waals surface area contributed by atoms with Gasteiger partial charge in [0.15, 0.2) is 9.84 Å². The van der Waals surface area contributed by atoms with Crippen LogP contribution in [0.25, 0.3) is 0 Å². The minimum Gasteiger partial charge on any atom is -0.309 e. The fourth-order valence-electron chi connectivity index (χ4n) is 2.20. The topological polar surface area (TPSA) is 79.4 Å². The van der Waals surface area contributed by atoms with E-state index in [2.05, 4.69) is 10.3 Å². The van der Waals surface area contributed by atoms with E-state index < -0.39 is 20.5 Å². The molecule has 1 saturated carbocycles. The van der Waals surface area contributed by atoms with Crippen LogP contribution in [0.1, 0.15) is 32.3 Å². The number of carbonyl (C=O) groups excluding carboxylic acids is 1. The number of aromatic nitrogens is 1. The van der Waals surface area contributed by atoms with Crippen molar-refractivity contribution in [2.75, 3.05) is 19.4 Å². The highest BCUT2D eigenvalue weighted by atomic mass is 32.2. The molecule has 1 N–H and O–H groups in total. The summed E-state index contributed by atoms with van der Waals surface area (Å²) in [6.45, 7) is 3.63. The van der Waals surface area contributed by atoms with Crippen molar-refractivity contribution < 1.29 is 13.2 Å². The summed E-state index contributed by atoms with van der Waals surface area (Å²) in [6, 6.07) is 3.62. The van der Waals surface area contributed by atoms with Crippen molar-refractivity contribution in [1.29, 1.82) is 0 Å². The molecule has 1 heterocycles. The molecule has 1 aliphatic rings. The lowest BCUT2D eigenvalue weighted by atomic mass is 10.2. The molecule has 0 unspecified atom stereocenters. The molecule has 0 radical (unpaired) electrons. The molecule has 0 saturated heterocycles. The van der Waals surface area contributed by atoms with E-state index in [1.165, 1.54) is 13.8 Å². The first kappa shape index (κ1) is 16.9. The Balaban J connectivity index is 2.14. The monoisotopic (exact) mass is 325 g/mol. The van der Waals surface area contributed by atoms with E-state index >= 15 is 0 Å². The molecule has 1 amide bonds. The Morgan fingerprint density at radius 3 is 2.59 bits per heavy atom. The van der Waals surface area contributed by atoms with Crippen molar-refractivity contribution in [2.45, 2.75) is 43.2 Å². The zero-order chi connectivity index (χ0) is 16.5. The molecule has 0 aromatic carbocycles. The van der Waals surface area contributed by atoms with Crippen molar-refractivity contribution in [1.82, 2.24) is 9.88 Å². The average Bonchev–Trinajstić information content (AvgIpc) is 3.22. The number of nitrogens with one attached hydrogen (secondary N) is 1. The molecule has 1 aromatic heterocycles. The number of hydrogen-bond donors (Lipinski definition) is 1. The summed E-state index contributed by atoms with van der Waals surface area (Å²) in [5.41, 5.74) is 0.998. The number of rotatable bonds is 6. The lowest BCUT2D eigenvalue weighted by molar-refractivity contribution is -0.117. The molecule has 122 valence electrons. The van der Waals surface area contributed by atoms with Gasteiger partial charge in [0.1, 0.15) is 10.6 Å². The summed E-state index contributed by atoms with van der Waals surface area (Å²) in [4.78, 5) is 18.5. The van der Waals surface area contributed by atoms with Crippen molar-refractivity contribution in [3.63, 3.8) is 0 Å². The second kappa shape index (κ2) is 5.96. The third kappa shape index (κ3) is 3.47. The highest BCUT2D eigenvalue weighted by Crippen LogP contribution is 2.36. The van der Waals surface area contributed by atoms with Crippen LogP contribution in [0.2, 0.25) is 0 Å². The maximum Gasteiger partial charge on any atom is 0.246 e. The molecule has 0 aliphatic heterocycles. The standard InChI is InChI=1S/C15H23N3O3S/c1-15(2,22(20,21)12-5-6-12)14(19)17-13-9-11(7-8-16-13)10-18(3)4/h7-9,12H,5-6,10H2,1-4H3,(H,16,17,19). The molecular weight excluding hydrogens is 302 g/mol. The third-order valence-electron chi connectivity index (χ3n) is 3.79. The van der Waals surface area contributed by atoms with Gasteiger partial charge in [-0.2, -0.15) is 0 Å². The summed E-state index contributed by atoms with van der Waals surface area (Å²) < 4.78 is 23.3. The maximum atomic E-state index is 12.4. The second-order valence-electron chi connectivity index (χ2n) is 6.50. The average molecular weight is 325 g/mol. The highest BCUT2D eigenvalue weighted by Gasteiger charge is 2.50. The van der Waals surface area contributed by atoms with Gasteiger partial charge in [0.2, 0.25) is 5.91 Å². The summed E-state index contributed by atoms with van der Waals surface area (Å²) >= 11 is 0. The number of pyridine rings is 1. The molecule has 6 nitrogen and oxygen atoms in total. The van der Waals surface area contributed by atoms with Crippen molar-refractivity contribution in [3.8, 4) is 0 Å². The number of hydrogen-bond acceptors (Lipinski definition) is 5. The fraction of sp³-hybridized carbons (Fsp3) is 0.600. The van der Waals surface area contributed by atoms with Crippen molar-refractivity contribution >= 4 is 21.6 Å². The van der Waals surface area contributed by atoms with Crippen LogP contribution in [0.3, 0.4) is 0 Å². The number of amides is 1. The molecule has 1 fully saturated rings. The summed E-state index contributed by atoms with van der Waals surface area (Å²) in [5.74, 6) is -0.155. The number of nitrogens with zero attached hydrogens (tertiary/aromatic N) is 2. The third-order valence-corrected chi connectivity index (χ3v) is 6.74. The van der Waals surface area contributed by atoms with Gasteiger partial charge in [-0.05, 0) is 58.5 Å². The first-order valence-electron chi connectivity index (χ1n) is 7.29. The number of sulfone groups is 1.